The van der Waals surface area contributed by atoms with Gasteiger partial charge in [-0.1, -0.05) is 30.9 Å². The van der Waals surface area contributed by atoms with Gasteiger partial charge in [-0.2, -0.15) is 0 Å². The van der Waals surface area contributed by atoms with Gasteiger partial charge in [0.05, 0.1) is 33.2 Å². The quantitative estimate of drug-likeness (QED) is 0.206. The number of carbonyl (C=O) groups excluding carboxylic acids is 1. The molecule has 112 valence electrons. The minimum Gasteiger partial charge on any atom is -0.499 e. The highest BCUT2D eigenvalue weighted by molar-refractivity contribution is 5.88. The van der Waals surface area contributed by atoms with Crippen LogP contribution in [0.1, 0.15) is 6.42 Å². The van der Waals surface area contributed by atoms with Gasteiger partial charge in [-0.3, -0.25) is 0 Å². The predicted molar refractivity (Wildman–Crippen MR) is 77.0 cm³/mol. The summed E-state index contributed by atoms with van der Waals surface area (Å²) >= 11 is 0. The highest BCUT2D eigenvalue weighted by atomic mass is 16.5. The maximum absolute atomic E-state index is 11.5. The zero-order valence-corrected chi connectivity index (χ0v) is 11.8. The van der Waals surface area contributed by atoms with E-state index in [2.05, 4.69) is 11.3 Å². The predicted octanol–water partition coefficient (Wildman–Crippen LogP) is 1.76. The van der Waals surface area contributed by atoms with Crippen LogP contribution in [0, 0.1) is 0 Å². The molecular weight excluding hydrogens is 260 g/mol. The molecule has 0 unspecified atom stereocenters. The molecule has 0 fully saturated rings. The lowest BCUT2D eigenvalue weighted by atomic mass is 10.1. The molecule has 20 heavy (non-hydrogen) atoms. The van der Waals surface area contributed by atoms with Crippen molar-refractivity contribution in [1.82, 2.24) is 0 Å². The summed E-state index contributed by atoms with van der Waals surface area (Å²) in [6.45, 7) is 4.65. The summed E-state index contributed by atoms with van der Waals surface area (Å²) in [4.78, 5) is 11.5. The first kappa shape index (κ1) is 18.1. The number of aliphatic hydroxyl groups is 1. The van der Waals surface area contributed by atoms with E-state index in [1.165, 1.54) is 13.4 Å². The summed E-state index contributed by atoms with van der Waals surface area (Å²) in [7, 11) is 1.34. The van der Waals surface area contributed by atoms with Crippen molar-refractivity contribution < 1.29 is 24.1 Å². The largest absolute Gasteiger partial charge is 0.499 e. The Balaban J connectivity index is 4.06. The molecule has 0 rings (SSSR count). The van der Waals surface area contributed by atoms with Crippen molar-refractivity contribution in [2.45, 2.75) is 6.42 Å². The first-order valence-electron chi connectivity index (χ1n) is 6.28. The Hall–Kier alpha value is -1.85. The van der Waals surface area contributed by atoms with Crippen LogP contribution in [0.25, 0.3) is 0 Å². The molecule has 0 saturated carbocycles. The number of carbonyl (C=O) groups is 1. The van der Waals surface area contributed by atoms with Gasteiger partial charge in [0.2, 0.25) is 0 Å². The van der Waals surface area contributed by atoms with Crippen LogP contribution < -0.4 is 0 Å². The molecule has 5 heteroatoms. The first-order valence-corrected chi connectivity index (χ1v) is 6.28. The van der Waals surface area contributed by atoms with Gasteiger partial charge in [-0.25, -0.2) is 4.79 Å². The van der Waals surface area contributed by atoms with Crippen molar-refractivity contribution >= 4 is 5.97 Å². The van der Waals surface area contributed by atoms with Crippen molar-refractivity contribution in [1.29, 1.82) is 0 Å². The second-order valence-corrected chi connectivity index (χ2v) is 3.59. The second kappa shape index (κ2) is 13.6. The normalized spacial score (nSPS) is 12.0. The van der Waals surface area contributed by atoms with Crippen molar-refractivity contribution in [3.63, 3.8) is 0 Å². The Morgan fingerprint density at radius 1 is 1.25 bits per heavy atom. The lowest BCUT2D eigenvalue weighted by Crippen LogP contribution is -2.05. The third-order valence-electron chi connectivity index (χ3n) is 2.10. The minimum absolute atomic E-state index is 0.00134. The summed E-state index contributed by atoms with van der Waals surface area (Å²) < 4.78 is 14.9. The van der Waals surface area contributed by atoms with E-state index in [1.807, 2.05) is 0 Å². The van der Waals surface area contributed by atoms with Gasteiger partial charge in [-0.05, 0) is 6.08 Å². The SMILES string of the molecule is C=C/C=C\C=C(/C/C=C/OCCOCCO)C(=O)OC. The van der Waals surface area contributed by atoms with Crippen LogP contribution in [0.15, 0.2) is 48.8 Å². The Morgan fingerprint density at radius 3 is 2.70 bits per heavy atom. The minimum atomic E-state index is -0.380. The van der Waals surface area contributed by atoms with Crippen LogP contribution >= 0.6 is 0 Å². The highest BCUT2D eigenvalue weighted by Crippen LogP contribution is 2.05. The maximum atomic E-state index is 11.5. The Labute approximate surface area is 119 Å². The summed E-state index contributed by atoms with van der Waals surface area (Å²) in [6, 6.07) is 0. The monoisotopic (exact) mass is 282 g/mol. The molecule has 0 aliphatic carbocycles. The number of methoxy groups -OCH3 is 1. The van der Waals surface area contributed by atoms with Gasteiger partial charge < -0.3 is 19.3 Å². The number of hydrogen-bond acceptors (Lipinski definition) is 5. The fourth-order valence-corrected chi connectivity index (χ4v) is 1.19. The number of ether oxygens (including phenoxy) is 3. The average Bonchev–Trinajstić information content (AvgIpc) is 2.47. The van der Waals surface area contributed by atoms with Gasteiger partial charge in [0.25, 0.3) is 0 Å². The van der Waals surface area contributed by atoms with E-state index in [9.17, 15) is 4.79 Å². The second-order valence-electron chi connectivity index (χ2n) is 3.59. The molecule has 0 aliphatic heterocycles. The molecule has 1 N–H and O–H groups in total. The van der Waals surface area contributed by atoms with Gasteiger partial charge >= 0.3 is 5.97 Å². The standard InChI is InChI=1S/C15H22O5/c1-3-4-5-7-14(15(17)18-2)8-6-10-19-12-13-20-11-9-16/h3-7,10,16H,1,8-9,11-13H2,2H3/b5-4-,10-6+,14-7+. The molecule has 0 aromatic rings. The Morgan fingerprint density at radius 2 is 2.05 bits per heavy atom. The fourth-order valence-electron chi connectivity index (χ4n) is 1.19. The van der Waals surface area contributed by atoms with Crippen LogP contribution in [-0.2, 0) is 19.0 Å². The molecule has 0 aromatic carbocycles. The van der Waals surface area contributed by atoms with E-state index in [0.717, 1.165) is 0 Å². The molecule has 0 atom stereocenters. The van der Waals surface area contributed by atoms with Crippen LogP contribution in [0.5, 0.6) is 0 Å². The molecule has 0 spiro atoms. The fraction of sp³-hybridized carbons (Fsp3) is 0.400. The van der Waals surface area contributed by atoms with E-state index in [-0.39, 0.29) is 12.6 Å². The number of allylic oxidation sites excluding steroid dienone is 5. The number of esters is 1. The van der Waals surface area contributed by atoms with E-state index in [0.29, 0.717) is 31.8 Å². The van der Waals surface area contributed by atoms with E-state index in [4.69, 9.17) is 14.6 Å². The van der Waals surface area contributed by atoms with Crippen LogP contribution in [0.2, 0.25) is 0 Å². The van der Waals surface area contributed by atoms with Crippen molar-refractivity contribution in [3.05, 3.63) is 48.8 Å². The molecule has 0 aliphatic rings. The molecule has 0 heterocycles. The Bertz CT molecular complexity index is 355. The van der Waals surface area contributed by atoms with Crippen molar-refractivity contribution in [2.75, 3.05) is 33.5 Å². The van der Waals surface area contributed by atoms with Crippen LogP contribution in [0.4, 0.5) is 0 Å². The van der Waals surface area contributed by atoms with Gasteiger partial charge in [0.1, 0.15) is 6.61 Å². The van der Waals surface area contributed by atoms with Crippen molar-refractivity contribution in [3.8, 4) is 0 Å². The van der Waals surface area contributed by atoms with Crippen LogP contribution in [0.3, 0.4) is 0 Å². The van der Waals surface area contributed by atoms with Crippen LogP contribution in [-0.4, -0.2) is 44.6 Å². The molecular formula is C15H22O5. The highest BCUT2D eigenvalue weighted by Gasteiger charge is 2.05. The van der Waals surface area contributed by atoms with E-state index >= 15 is 0 Å². The maximum Gasteiger partial charge on any atom is 0.334 e. The molecule has 5 nitrogen and oxygen atoms in total. The summed E-state index contributed by atoms with van der Waals surface area (Å²) in [5, 5.41) is 8.49. The van der Waals surface area contributed by atoms with Gasteiger partial charge in [0, 0.05) is 12.0 Å². The molecule has 0 saturated heterocycles. The number of aliphatic hydroxyl groups excluding tert-OH is 1. The zero-order valence-electron chi connectivity index (χ0n) is 11.8. The third-order valence-corrected chi connectivity index (χ3v) is 2.10. The number of hydrogen-bond donors (Lipinski definition) is 1. The van der Waals surface area contributed by atoms with E-state index in [1.54, 1.807) is 30.4 Å². The molecule has 0 radical (unpaired) electrons. The Kier molecular flexibility index (Phi) is 12.3. The summed E-state index contributed by atoms with van der Waals surface area (Å²) in [6.07, 6.45) is 10.4. The first-order chi connectivity index (χ1) is 9.76. The third kappa shape index (κ3) is 10.1. The van der Waals surface area contributed by atoms with Gasteiger partial charge in [-0.15, -0.1) is 0 Å². The topological polar surface area (TPSA) is 65.0 Å². The molecule has 0 amide bonds. The molecule has 0 bridgehead atoms. The molecule has 0 aromatic heterocycles. The van der Waals surface area contributed by atoms with E-state index < -0.39 is 0 Å². The zero-order chi connectivity index (χ0) is 15.1. The smallest absolute Gasteiger partial charge is 0.334 e. The van der Waals surface area contributed by atoms with Gasteiger partial charge in [0.15, 0.2) is 0 Å². The average molecular weight is 282 g/mol. The lowest BCUT2D eigenvalue weighted by Gasteiger charge is -2.03. The summed E-state index contributed by atoms with van der Waals surface area (Å²) in [5.41, 5.74) is 0.516. The number of rotatable bonds is 11. The van der Waals surface area contributed by atoms with Crippen molar-refractivity contribution in [2.24, 2.45) is 0 Å². The lowest BCUT2D eigenvalue weighted by molar-refractivity contribution is -0.136. The summed E-state index contributed by atoms with van der Waals surface area (Å²) in [5.74, 6) is -0.380.